The first-order valence-corrected chi connectivity index (χ1v) is 12.4. The van der Waals surface area contributed by atoms with Gasteiger partial charge in [0, 0.05) is 0 Å². The van der Waals surface area contributed by atoms with Crippen molar-refractivity contribution in [1.82, 2.24) is 0 Å². The Morgan fingerprint density at radius 2 is 0.893 bits per heavy atom. The molecule has 0 atom stereocenters. The molecule has 1 aliphatic rings. The van der Waals surface area contributed by atoms with Gasteiger partial charge >= 0.3 is 171 Å². The van der Waals surface area contributed by atoms with Crippen LogP contribution in [0, 0.1) is 0 Å². The van der Waals surface area contributed by atoms with Gasteiger partial charge in [-0.3, -0.25) is 0 Å². The molecule has 0 unspecified atom stereocenters. The van der Waals surface area contributed by atoms with E-state index in [0.717, 1.165) is 0 Å². The first-order chi connectivity index (χ1) is 13.2. The molecule has 1 aliphatic heterocycles. The normalized spacial score (nSPS) is 22.1. The minimum absolute atomic E-state index is 0.0608. The third-order valence-electron chi connectivity index (χ3n) is 8.12. The third-order valence-corrected chi connectivity index (χ3v) is 15.2. The molecule has 0 aromatic heterocycles. The molecule has 0 radical (unpaired) electrons. The summed E-state index contributed by atoms with van der Waals surface area (Å²) >= 11 is 0. The SMILES string of the molecule is CC1(C)c2ccccc2C(C)(C)[PH](c2ccccc2)(c2ccccc2)C1(C)C. The standard InChI is InChI=1S/C27H33P/c1-25(2)23-19-13-14-20-24(23)26(3,4)28(27(25,5)6,21-15-9-7-10-16-21)22-17-11-8-12-18-22/h7-20,28H,1-6H3. The van der Waals surface area contributed by atoms with Crippen LogP contribution in [0.1, 0.15) is 52.7 Å². The minimum atomic E-state index is -2.28. The molecular weight excluding hydrogens is 355 g/mol. The first-order valence-electron chi connectivity index (χ1n) is 10.4. The molecule has 0 N–H and O–H groups in total. The van der Waals surface area contributed by atoms with Crippen molar-refractivity contribution in [2.24, 2.45) is 0 Å². The molecule has 0 bridgehead atoms. The van der Waals surface area contributed by atoms with Gasteiger partial charge < -0.3 is 0 Å². The van der Waals surface area contributed by atoms with Crippen molar-refractivity contribution in [2.45, 2.75) is 57.3 Å². The van der Waals surface area contributed by atoms with Crippen LogP contribution in [-0.2, 0) is 10.6 Å². The second-order valence-electron chi connectivity index (χ2n) is 9.90. The monoisotopic (exact) mass is 388 g/mol. The van der Waals surface area contributed by atoms with Crippen molar-refractivity contribution in [2.75, 3.05) is 0 Å². The molecule has 0 spiro atoms. The molecule has 0 amide bonds. The van der Waals surface area contributed by atoms with Crippen molar-refractivity contribution >= 4 is 17.9 Å². The number of hydrogen-bond acceptors (Lipinski definition) is 0. The molecule has 3 aromatic rings. The van der Waals surface area contributed by atoms with Crippen LogP contribution in [0.3, 0.4) is 0 Å². The van der Waals surface area contributed by atoms with Crippen LogP contribution in [0.5, 0.6) is 0 Å². The van der Waals surface area contributed by atoms with Gasteiger partial charge in [0.15, 0.2) is 0 Å². The summed E-state index contributed by atoms with van der Waals surface area (Å²) in [5, 5.41) is 3.25. The summed E-state index contributed by atoms with van der Waals surface area (Å²) in [5.74, 6) is 0. The summed E-state index contributed by atoms with van der Waals surface area (Å²) in [6, 6.07) is 32.0. The summed E-state index contributed by atoms with van der Waals surface area (Å²) in [7, 11) is -2.28. The Labute approximate surface area is 171 Å². The average Bonchev–Trinajstić information content (AvgIpc) is 2.69. The topological polar surface area (TPSA) is 0 Å². The Morgan fingerprint density at radius 3 is 1.36 bits per heavy atom. The van der Waals surface area contributed by atoms with Crippen molar-refractivity contribution in [1.29, 1.82) is 0 Å². The molecule has 0 fully saturated rings. The predicted octanol–water partition coefficient (Wildman–Crippen LogP) is 6.39. The molecule has 1 heterocycles. The van der Waals surface area contributed by atoms with Gasteiger partial charge in [-0.1, -0.05) is 0 Å². The second-order valence-corrected chi connectivity index (χ2v) is 15.1. The summed E-state index contributed by atoms with van der Waals surface area (Å²) in [4.78, 5) is 0. The van der Waals surface area contributed by atoms with E-state index >= 15 is 0 Å². The maximum atomic E-state index is 2.54. The van der Waals surface area contributed by atoms with E-state index in [1.165, 1.54) is 11.1 Å². The fraction of sp³-hybridized carbons (Fsp3) is 0.333. The van der Waals surface area contributed by atoms with Crippen molar-refractivity contribution in [3.63, 3.8) is 0 Å². The van der Waals surface area contributed by atoms with Crippen molar-refractivity contribution < 1.29 is 0 Å². The van der Waals surface area contributed by atoms with Gasteiger partial charge in [0.1, 0.15) is 0 Å². The van der Waals surface area contributed by atoms with Gasteiger partial charge in [-0.2, -0.15) is 0 Å². The van der Waals surface area contributed by atoms with Crippen LogP contribution in [0.25, 0.3) is 0 Å². The summed E-state index contributed by atoms with van der Waals surface area (Å²) in [5.41, 5.74) is 3.11. The number of rotatable bonds is 2. The van der Waals surface area contributed by atoms with Crippen molar-refractivity contribution in [3.05, 3.63) is 96.1 Å². The van der Waals surface area contributed by atoms with Gasteiger partial charge in [-0.25, -0.2) is 0 Å². The van der Waals surface area contributed by atoms with Gasteiger partial charge in [0.25, 0.3) is 0 Å². The Hall–Kier alpha value is -1.91. The molecule has 0 saturated carbocycles. The Bertz CT molecular complexity index is 942. The Morgan fingerprint density at radius 1 is 0.500 bits per heavy atom. The van der Waals surface area contributed by atoms with E-state index in [-0.39, 0.29) is 15.7 Å². The average molecular weight is 389 g/mol. The summed E-state index contributed by atoms with van der Waals surface area (Å²) < 4.78 is 0. The van der Waals surface area contributed by atoms with Gasteiger partial charge in [0.2, 0.25) is 0 Å². The molecule has 146 valence electrons. The van der Waals surface area contributed by atoms with E-state index in [4.69, 9.17) is 0 Å². The maximum absolute atomic E-state index is 2.54. The summed E-state index contributed by atoms with van der Waals surface area (Å²) in [6.07, 6.45) is 0. The fourth-order valence-electron chi connectivity index (χ4n) is 6.35. The van der Waals surface area contributed by atoms with Gasteiger partial charge in [-0.05, 0) is 0 Å². The van der Waals surface area contributed by atoms with E-state index in [1.807, 2.05) is 0 Å². The fourth-order valence-corrected chi connectivity index (χ4v) is 14.2. The predicted molar refractivity (Wildman–Crippen MR) is 127 cm³/mol. The summed E-state index contributed by atoms with van der Waals surface area (Å²) in [6.45, 7) is 15.0. The van der Waals surface area contributed by atoms with Crippen LogP contribution >= 0.6 is 7.26 Å². The van der Waals surface area contributed by atoms with Crippen LogP contribution in [0.2, 0.25) is 0 Å². The molecule has 3 aromatic carbocycles. The number of benzene rings is 3. The van der Waals surface area contributed by atoms with Gasteiger partial charge in [-0.15, -0.1) is 0 Å². The third kappa shape index (κ3) is 2.22. The quantitative estimate of drug-likeness (QED) is 0.446. The van der Waals surface area contributed by atoms with E-state index in [9.17, 15) is 0 Å². The van der Waals surface area contributed by atoms with Gasteiger partial charge in [0.05, 0.1) is 0 Å². The van der Waals surface area contributed by atoms with E-state index < -0.39 is 7.26 Å². The molecule has 4 rings (SSSR count). The molecule has 0 aliphatic carbocycles. The Balaban J connectivity index is 2.23. The van der Waals surface area contributed by atoms with E-state index in [2.05, 4.69) is 126 Å². The van der Waals surface area contributed by atoms with Crippen LogP contribution in [0.15, 0.2) is 84.9 Å². The zero-order valence-corrected chi connectivity index (χ0v) is 19.1. The van der Waals surface area contributed by atoms with E-state index in [0.29, 0.717) is 0 Å². The van der Waals surface area contributed by atoms with Crippen molar-refractivity contribution in [3.8, 4) is 0 Å². The number of hydrogen-bond donors (Lipinski definition) is 0. The van der Waals surface area contributed by atoms with Crippen LogP contribution in [-0.4, -0.2) is 5.16 Å². The van der Waals surface area contributed by atoms with E-state index in [1.54, 1.807) is 10.6 Å². The molecule has 1 heteroatoms. The Kier molecular flexibility index (Phi) is 4.36. The molecule has 0 nitrogen and oxygen atoms in total. The second kappa shape index (κ2) is 6.30. The first kappa shape index (κ1) is 19.4. The zero-order chi connectivity index (χ0) is 20.2. The number of fused-ring (bicyclic) bond motifs is 1. The molecule has 0 saturated heterocycles. The van der Waals surface area contributed by atoms with Crippen LogP contribution in [0.4, 0.5) is 0 Å². The molecular formula is C27H33P. The zero-order valence-electron chi connectivity index (χ0n) is 18.1. The van der Waals surface area contributed by atoms with Crippen LogP contribution < -0.4 is 10.6 Å². The molecule has 28 heavy (non-hydrogen) atoms.